The van der Waals surface area contributed by atoms with E-state index in [9.17, 15) is 18.0 Å². The van der Waals surface area contributed by atoms with Crippen molar-refractivity contribution in [2.24, 2.45) is 7.05 Å². The minimum atomic E-state index is -4.50. The Morgan fingerprint density at radius 3 is 2.49 bits per heavy atom. The predicted octanol–water partition coefficient (Wildman–Crippen LogP) is 6.96. The number of hydrogen-bond donors (Lipinski definition) is 2. The van der Waals surface area contributed by atoms with Gasteiger partial charge in [-0.2, -0.15) is 13.2 Å². The zero-order chi connectivity index (χ0) is 26.2. The van der Waals surface area contributed by atoms with Crippen molar-refractivity contribution < 1.29 is 18.0 Å². The van der Waals surface area contributed by atoms with Gasteiger partial charge in [-0.25, -0.2) is 4.98 Å². The van der Waals surface area contributed by atoms with Crippen molar-refractivity contribution in [3.05, 3.63) is 102 Å². The van der Waals surface area contributed by atoms with Gasteiger partial charge in [0.25, 0.3) is 5.91 Å². The number of carbonyl (C=O) groups is 1. The van der Waals surface area contributed by atoms with Crippen LogP contribution in [-0.4, -0.2) is 20.4 Å². The Labute approximate surface area is 210 Å². The van der Waals surface area contributed by atoms with Crippen LogP contribution in [0.4, 0.5) is 30.2 Å². The number of aryl methyl sites for hydroxylation is 2. The molecule has 6 nitrogen and oxygen atoms in total. The van der Waals surface area contributed by atoms with E-state index in [1.54, 1.807) is 30.6 Å². The van der Waals surface area contributed by atoms with E-state index in [4.69, 9.17) is 4.98 Å². The van der Waals surface area contributed by atoms with Crippen LogP contribution >= 0.6 is 0 Å². The summed E-state index contributed by atoms with van der Waals surface area (Å²) in [6, 6.07) is 17.3. The minimum absolute atomic E-state index is 0.0667. The SMILES string of the molecule is Cc1ccc(C(=O)Nc2cccc(C(F)(F)F)c2)cc1Nc1cc(-c2ccncc2)nc2c1ccn2C. The average molecular weight is 502 g/mol. The van der Waals surface area contributed by atoms with Crippen molar-refractivity contribution in [3.63, 3.8) is 0 Å². The number of benzene rings is 2. The van der Waals surface area contributed by atoms with Crippen molar-refractivity contribution in [3.8, 4) is 11.3 Å². The topological polar surface area (TPSA) is 71.8 Å². The molecule has 0 radical (unpaired) electrons. The lowest BCUT2D eigenvalue weighted by Gasteiger charge is -2.15. The molecule has 2 N–H and O–H groups in total. The summed E-state index contributed by atoms with van der Waals surface area (Å²) in [5, 5.41) is 6.89. The number of carbonyl (C=O) groups excluding carboxylic acids is 1. The third-order valence-corrected chi connectivity index (χ3v) is 6.03. The predicted molar refractivity (Wildman–Crippen MR) is 138 cm³/mol. The summed E-state index contributed by atoms with van der Waals surface area (Å²) >= 11 is 0. The van der Waals surface area contributed by atoms with Crippen LogP contribution in [0.25, 0.3) is 22.3 Å². The Morgan fingerprint density at radius 2 is 1.73 bits per heavy atom. The minimum Gasteiger partial charge on any atom is -0.355 e. The molecule has 3 aromatic heterocycles. The average Bonchev–Trinajstić information content (AvgIpc) is 3.26. The van der Waals surface area contributed by atoms with Gasteiger partial charge in [0, 0.05) is 53.5 Å². The molecule has 5 rings (SSSR count). The normalized spacial score (nSPS) is 11.5. The highest BCUT2D eigenvalue weighted by atomic mass is 19.4. The Balaban J connectivity index is 1.47. The molecule has 0 aliphatic heterocycles. The third-order valence-electron chi connectivity index (χ3n) is 6.03. The number of alkyl halides is 3. The second-order valence-electron chi connectivity index (χ2n) is 8.64. The Hall–Kier alpha value is -4.66. The molecule has 0 atom stereocenters. The van der Waals surface area contributed by atoms with Gasteiger partial charge in [0.1, 0.15) is 5.65 Å². The van der Waals surface area contributed by atoms with Crippen LogP contribution in [-0.2, 0) is 13.2 Å². The highest BCUT2D eigenvalue weighted by Gasteiger charge is 2.30. The number of amides is 1. The van der Waals surface area contributed by atoms with E-state index in [0.717, 1.165) is 45.7 Å². The quantitative estimate of drug-likeness (QED) is 0.273. The molecule has 186 valence electrons. The van der Waals surface area contributed by atoms with Crippen LogP contribution in [0.3, 0.4) is 0 Å². The molecule has 3 heterocycles. The first kappa shape index (κ1) is 24.1. The first-order valence-electron chi connectivity index (χ1n) is 11.4. The maximum Gasteiger partial charge on any atom is 0.416 e. The molecular weight excluding hydrogens is 479 g/mol. The highest BCUT2D eigenvalue weighted by Crippen LogP contribution is 2.33. The first-order chi connectivity index (χ1) is 17.7. The molecule has 0 aliphatic rings. The monoisotopic (exact) mass is 501 g/mol. The van der Waals surface area contributed by atoms with Gasteiger partial charge in [-0.05, 0) is 67.1 Å². The van der Waals surface area contributed by atoms with E-state index in [0.29, 0.717) is 11.3 Å². The Bertz CT molecular complexity index is 1610. The number of halogens is 3. The molecule has 0 saturated carbocycles. The largest absolute Gasteiger partial charge is 0.416 e. The van der Waals surface area contributed by atoms with Gasteiger partial charge in [0.05, 0.1) is 16.9 Å². The lowest BCUT2D eigenvalue weighted by atomic mass is 10.1. The number of pyridine rings is 2. The van der Waals surface area contributed by atoms with Crippen molar-refractivity contribution >= 4 is 34.0 Å². The fourth-order valence-corrected chi connectivity index (χ4v) is 4.03. The van der Waals surface area contributed by atoms with Gasteiger partial charge in [0.2, 0.25) is 0 Å². The lowest BCUT2D eigenvalue weighted by molar-refractivity contribution is -0.137. The number of nitrogens with one attached hydrogen (secondary N) is 2. The van der Waals surface area contributed by atoms with Gasteiger partial charge in [-0.1, -0.05) is 12.1 Å². The fourth-order valence-electron chi connectivity index (χ4n) is 4.03. The molecule has 0 bridgehead atoms. The second kappa shape index (κ2) is 9.42. The molecule has 9 heteroatoms. The zero-order valence-electron chi connectivity index (χ0n) is 20.0. The Kier molecular flexibility index (Phi) is 6.12. The molecule has 0 aliphatic carbocycles. The molecule has 5 aromatic rings. The highest BCUT2D eigenvalue weighted by molar-refractivity contribution is 6.05. The third kappa shape index (κ3) is 5.02. The second-order valence-corrected chi connectivity index (χ2v) is 8.64. The summed E-state index contributed by atoms with van der Waals surface area (Å²) in [4.78, 5) is 21.8. The van der Waals surface area contributed by atoms with Gasteiger partial charge in [-0.15, -0.1) is 0 Å². The summed E-state index contributed by atoms with van der Waals surface area (Å²) in [5.41, 5.74) is 4.38. The number of anilines is 3. The summed E-state index contributed by atoms with van der Waals surface area (Å²) in [7, 11) is 1.92. The molecule has 37 heavy (non-hydrogen) atoms. The van der Waals surface area contributed by atoms with Crippen LogP contribution in [0.1, 0.15) is 21.5 Å². The van der Waals surface area contributed by atoms with Crippen LogP contribution in [0.5, 0.6) is 0 Å². The molecule has 0 unspecified atom stereocenters. The van der Waals surface area contributed by atoms with Crippen LogP contribution in [0.2, 0.25) is 0 Å². The van der Waals surface area contributed by atoms with E-state index in [-0.39, 0.29) is 5.69 Å². The number of rotatable bonds is 5. The summed E-state index contributed by atoms with van der Waals surface area (Å²) < 4.78 is 41.1. The summed E-state index contributed by atoms with van der Waals surface area (Å²) in [6.07, 6.45) is 0.834. The van der Waals surface area contributed by atoms with E-state index in [2.05, 4.69) is 15.6 Å². The number of hydrogen-bond acceptors (Lipinski definition) is 4. The van der Waals surface area contributed by atoms with Crippen LogP contribution in [0, 0.1) is 6.92 Å². The van der Waals surface area contributed by atoms with Crippen molar-refractivity contribution in [1.82, 2.24) is 14.5 Å². The maximum absolute atomic E-state index is 13.1. The van der Waals surface area contributed by atoms with Gasteiger partial charge < -0.3 is 15.2 Å². The molecule has 2 aromatic carbocycles. The van der Waals surface area contributed by atoms with Crippen LogP contribution < -0.4 is 10.6 Å². The molecule has 0 saturated heterocycles. The molecule has 0 spiro atoms. The smallest absolute Gasteiger partial charge is 0.355 e. The lowest BCUT2D eigenvalue weighted by Crippen LogP contribution is -2.13. The summed E-state index contributed by atoms with van der Waals surface area (Å²) in [6.45, 7) is 1.91. The van der Waals surface area contributed by atoms with Gasteiger partial charge in [0.15, 0.2) is 0 Å². The Morgan fingerprint density at radius 1 is 0.946 bits per heavy atom. The van der Waals surface area contributed by atoms with Crippen molar-refractivity contribution in [2.45, 2.75) is 13.1 Å². The standard InChI is InChI=1S/C28H22F3N5O/c1-17-6-7-19(27(37)33-21-5-3-4-20(15-21)28(29,30)31)14-23(17)34-25-16-24(18-8-11-32-12-9-18)35-26-22(25)10-13-36(26)2/h3-16H,1-2H3,(H,33,37)(H,34,35). The van der Waals surface area contributed by atoms with Crippen molar-refractivity contribution in [1.29, 1.82) is 0 Å². The summed E-state index contributed by atoms with van der Waals surface area (Å²) in [5.74, 6) is -0.514. The van der Waals surface area contributed by atoms with Gasteiger partial charge >= 0.3 is 6.18 Å². The number of aromatic nitrogens is 3. The molecule has 1 amide bonds. The molecular formula is C28H22F3N5O. The molecule has 0 fully saturated rings. The first-order valence-corrected chi connectivity index (χ1v) is 11.4. The van der Waals surface area contributed by atoms with E-state index >= 15 is 0 Å². The van der Waals surface area contributed by atoms with E-state index in [1.165, 1.54) is 12.1 Å². The fraction of sp³-hybridized carbons (Fsp3) is 0.107. The van der Waals surface area contributed by atoms with E-state index in [1.807, 2.05) is 49.0 Å². The van der Waals surface area contributed by atoms with Crippen molar-refractivity contribution in [2.75, 3.05) is 10.6 Å². The van der Waals surface area contributed by atoms with Gasteiger partial charge in [-0.3, -0.25) is 9.78 Å². The van der Waals surface area contributed by atoms with Crippen LogP contribution in [0.15, 0.2) is 85.3 Å². The number of nitrogens with zero attached hydrogens (tertiary/aromatic N) is 3. The number of fused-ring (bicyclic) bond motifs is 1. The maximum atomic E-state index is 13.1. The van der Waals surface area contributed by atoms with E-state index < -0.39 is 17.6 Å². The zero-order valence-corrected chi connectivity index (χ0v) is 20.0.